The number of hydrogen-bond acceptors (Lipinski definition) is 5. The lowest BCUT2D eigenvalue weighted by Gasteiger charge is -2.44. The molecule has 25 heavy (non-hydrogen) atoms. The molecule has 2 aliphatic rings. The molecule has 3 atom stereocenters. The number of morpholine rings is 1. The molecule has 130 valence electrons. The molecule has 1 saturated heterocycles. The lowest BCUT2D eigenvalue weighted by molar-refractivity contribution is -0.118. The highest BCUT2D eigenvalue weighted by Crippen LogP contribution is 2.37. The molecule has 4 rings (SSSR count). The summed E-state index contributed by atoms with van der Waals surface area (Å²) in [6.07, 6.45) is 1.80. The second-order valence-electron chi connectivity index (χ2n) is 6.54. The summed E-state index contributed by atoms with van der Waals surface area (Å²) in [5.41, 5.74) is 1.85. The molecule has 0 radical (unpaired) electrons. The van der Waals surface area contributed by atoms with Crippen LogP contribution in [0.1, 0.15) is 25.5 Å². The monoisotopic (exact) mass is 339 g/mol. The van der Waals surface area contributed by atoms with Gasteiger partial charge >= 0.3 is 0 Å². The van der Waals surface area contributed by atoms with Crippen LogP contribution in [0.3, 0.4) is 0 Å². The van der Waals surface area contributed by atoms with Gasteiger partial charge in [-0.15, -0.1) is 0 Å². The predicted octanol–water partition coefficient (Wildman–Crippen LogP) is 2.77. The fourth-order valence-corrected chi connectivity index (χ4v) is 3.60. The largest absolute Gasteiger partial charge is 0.480 e. The van der Waals surface area contributed by atoms with Crippen LogP contribution < -0.4 is 15.0 Å². The summed E-state index contributed by atoms with van der Waals surface area (Å²) in [5, 5.41) is 2.85. The molecular weight excluding hydrogens is 318 g/mol. The van der Waals surface area contributed by atoms with Crippen molar-refractivity contribution in [2.75, 3.05) is 23.4 Å². The topological polar surface area (TPSA) is 63.7 Å². The van der Waals surface area contributed by atoms with Gasteiger partial charge in [-0.25, -0.2) is 4.98 Å². The number of carbonyl (C=O) groups excluding carboxylic acids is 1. The van der Waals surface area contributed by atoms with Gasteiger partial charge in [0.15, 0.2) is 12.4 Å². The van der Waals surface area contributed by atoms with E-state index in [0.29, 0.717) is 11.4 Å². The normalized spacial score (nSPS) is 25.8. The molecule has 2 aromatic rings. The maximum Gasteiger partial charge on any atom is 0.262 e. The van der Waals surface area contributed by atoms with Crippen molar-refractivity contribution in [3.63, 3.8) is 0 Å². The van der Waals surface area contributed by atoms with Crippen LogP contribution in [0.2, 0.25) is 0 Å². The van der Waals surface area contributed by atoms with Crippen molar-refractivity contribution in [2.24, 2.45) is 0 Å². The maximum absolute atomic E-state index is 11.6. The third kappa shape index (κ3) is 3.05. The Morgan fingerprint density at radius 2 is 2.04 bits per heavy atom. The zero-order chi connectivity index (χ0) is 17.4. The average Bonchev–Trinajstić information content (AvgIpc) is 2.61. The summed E-state index contributed by atoms with van der Waals surface area (Å²) in [5.74, 6) is 1.27. The highest BCUT2D eigenvalue weighted by atomic mass is 16.5. The molecule has 1 fully saturated rings. The molecule has 3 heterocycles. The number of aromatic nitrogens is 1. The molecule has 6 heteroatoms. The second kappa shape index (κ2) is 6.37. The van der Waals surface area contributed by atoms with Gasteiger partial charge in [-0.1, -0.05) is 30.3 Å². The molecule has 6 nitrogen and oxygen atoms in total. The number of fused-ring (bicyclic) bond motifs is 1. The summed E-state index contributed by atoms with van der Waals surface area (Å²) in [7, 11) is 0. The fourth-order valence-electron chi connectivity index (χ4n) is 3.60. The van der Waals surface area contributed by atoms with Crippen molar-refractivity contribution < 1.29 is 14.3 Å². The van der Waals surface area contributed by atoms with E-state index < -0.39 is 0 Å². The van der Waals surface area contributed by atoms with Gasteiger partial charge in [0.05, 0.1) is 30.1 Å². The number of amides is 1. The summed E-state index contributed by atoms with van der Waals surface area (Å²) in [6.45, 7) is 4.91. The van der Waals surface area contributed by atoms with Gasteiger partial charge < -0.3 is 19.7 Å². The highest BCUT2D eigenvalue weighted by molar-refractivity contribution is 5.95. The van der Waals surface area contributed by atoms with Crippen molar-refractivity contribution in [1.82, 2.24) is 4.98 Å². The molecule has 1 amide bonds. The SMILES string of the molecule is CC1CN(c2cc3c(cn2)OCC(=O)N3)[C@H](c2ccccc2)[C@H](C)O1. The number of nitrogens with zero attached hydrogens (tertiary/aromatic N) is 2. The highest BCUT2D eigenvalue weighted by Gasteiger charge is 2.35. The zero-order valence-electron chi connectivity index (χ0n) is 14.3. The first-order valence-electron chi connectivity index (χ1n) is 8.51. The minimum atomic E-state index is -0.145. The van der Waals surface area contributed by atoms with Crippen LogP contribution in [-0.2, 0) is 9.53 Å². The first-order valence-corrected chi connectivity index (χ1v) is 8.51. The molecule has 1 aromatic heterocycles. The first-order chi connectivity index (χ1) is 12.1. The third-order valence-electron chi connectivity index (χ3n) is 4.60. The Kier molecular flexibility index (Phi) is 4.05. The number of pyridine rings is 1. The van der Waals surface area contributed by atoms with E-state index in [1.165, 1.54) is 5.56 Å². The fraction of sp³-hybridized carbons (Fsp3) is 0.368. The van der Waals surface area contributed by atoms with Gasteiger partial charge in [0, 0.05) is 12.6 Å². The Morgan fingerprint density at radius 1 is 1.24 bits per heavy atom. The molecular formula is C19H21N3O3. The molecule has 1 N–H and O–H groups in total. The van der Waals surface area contributed by atoms with Crippen molar-refractivity contribution in [3.05, 3.63) is 48.2 Å². The molecule has 0 saturated carbocycles. The molecule has 1 unspecified atom stereocenters. The Balaban J connectivity index is 1.73. The van der Waals surface area contributed by atoms with Crippen LogP contribution in [-0.4, -0.2) is 36.3 Å². The number of benzene rings is 1. The summed E-state index contributed by atoms with van der Waals surface area (Å²) in [6, 6.07) is 12.2. The van der Waals surface area contributed by atoms with Crippen molar-refractivity contribution >= 4 is 17.4 Å². The van der Waals surface area contributed by atoms with E-state index in [1.807, 2.05) is 24.3 Å². The van der Waals surface area contributed by atoms with Crippen LogP contribution in [0.4, 0.5) is 11.5 Å². The van der Waals surface area contributed by atoms with Crippen LogP contribution in [0.15, 0.2) is 42.6 Å². The minimum Gasteiger partial charge on any atom is -0.480 e. The number of ether oxygens (including phenoxy) is 2. The quantitative estimate of drug-likeness (QED) is 0.911. The number of hydrogen-bond donors (Lipinski definition) is 1. The Labute approximate surface area is 146 Å². The van der Waals surface area contributed by atoms with Crippen molar-refractivity contribution in [3.8, 4) is 5.75 Å². The van der Waals surface area contributed by atoms with E-state index in [-0.39, 0.29) is 30.8 Å². The standard InChI is InChI=1S/C19H21N3O3/c1-12-10-22(19(13(2)25-12)14-6-4-3-5-7-14)17-8-15-16(9-20-17)24-11-18(23)21-15/h3-9,12-13,19H,10-11H2,1-2H3,(H,21,23)/t12?,13-,19-/m0/s1. The molecule has 0 aliphatic carbocycles. The predicted molar refractivity (Wildman–Crippen MR) is 94.9 cm³/mol. The van der Waals surface area contributed by atoms with E-state index >= 15 is 0 Å². The summed E-state index contributed by atoms with van der Waals surface area (Å²) in [4.78, 5) is 18.4. The van der Waals surface area contributed by atoms with Crippen LogP contribution in [0, 0.1) is 0 Å². The summed E-state index contributed by atoms with van der Waals surface area (Å²) < 4.78 is 11.5. The van der Waals surface area contributed by atoms with Gasteiger partial charge in [-0.05, 0) is 19.4 Å². The van der Waals surface area contributed by atoms with Crippen LogP contribution >= 0.6 is 0 Å². The lowest BCUT2D eigenvalue weighted by Crippen LogP contribution is -2.48. The number of anilines is 2. The molecule has 1 aromatic carbocycles. The van der Waals surface area contributed by atoms with E-state index in [0.717, 1.165) is 12.4 Å². The van der Waals surface area contributed by atoms with Crippen LogP contribution in [0.25, 0.3) is 0 Å². The van der Waals surface area contributed by atoms with Gasteiger partial charge in [-0.2, -0.15) is 0 Å². The van der Waals surface area contributed by atoms with Crippen LogP contribution in [0.5, 0.6) is 5.75 Å². The summed E-state index contributed by atoms with van der Waals surface area (Å²) >= 11 is 0. The molecule has 0 spiro atoms. The van der Waals surface area contributed by atoms with E-state index in [1.54, 1.807) is 6.20 Å². The Hall–Kier alpha value is -2.60. The number of rotatable bonds is 2. The van der Waals surface area contributed by atoms with Gasteiger partial charge in [0.2, 0.25) is 0 Å². The zero-order valence-corrected chi connectivity index (χ0v) is 14.3. The average molecular weight is 339 g/mol. The second-order valence-corrected chi connectivity index (χ2v) is 6.54. The Bertz CT molecular complexity index is 781. The maximum atomic E-state index is 11.6. The van der Waals surface area contributed by atoms with E-state index in [2.05, 4.69) is 41.2 Å². The number of carbonyl (C=O) groups is 1. The third-order valence-corrected chi connectivity index (χ3v) is 4.60. The van der Waals surface area contributed by atoms with Crippen molar-refractivity contribution in [1.29, 1.82) is 0 Å². The van der Waals surface area contributed by atoms with Gasteiger partial charge in [0.25, 0.3) is 5.91 Å². The van der Waals surface area contributed by atoms with E-state index in [9.17, 15) is 4.79 Å². The lowest BCUT2D eigenvalue weighted by atomic mass is 9.98. The Morgan fingerprint density at radius 3 is 2.84 bits per heavy atom. The van der Waals surface area contributed by atoms with Crippen molar-refractivity contribution in [2.45, 2.75) is 32.1 Å². The van der Waals surface area contributed by atoms with E-state index in [4.69, 9.17) is 9.47 Å². The first kappa shape index (κ1) is 15.9. The smallest absolute Gasteiger partial charge is 0.262 e. The molecule has 0 bridgehead atoms. The minimum absolute atomic E-state index is 0.0230. The molecule has 2 aliphatic heterocycles. The van der Waals surface area contributed by atoms with Gasteiger partial charge in [0.1, 0.15) is 5.82 Å². The van der Waals surface area contributed by atoms with Gasteiger partial charge in [-0.3, -0.25) is 4.79 Å². The number of nitrogens with one attached hydrogen (secondary N) is 1.